The topological polar surface area (TPSA) is 56.7 Å². The van der Waals surface area contributed by atoms with E-state index < -0.39 is 0 Å². The van der Waals surface area contributed by atoms with Gasteiger partial charge in [-0.15, -0.1) is 0 Å². The van der Waals surface area contributed by atoms with Crippen molar-refractivity contribution >= 4 is 48.6 Å². The van der Waals surface area contributed by atoms with Gasteiger partial charge in [-0.3, -0.25) is 4.98 Å². The average molecular weight is 382 g/mol. The minimum absolute atomic E-state index is 0.676. The third-order valence-corrected chi connectivity index (χ3v) is 4.13. The maximum Gasteiger partial charge on any atom is 0.143 e. The molecule has 0 aliphatic heterocycles. The molecule has 2 heterocycles. The molecule has 19 heavy (non-hydrogen) atoms. The highest BCUT2D eigenvalue weighted by Crippen LogP contribution is 2.35. The van der Waals surface area contributed by atoms with Crippen LogP contribution in [0.5, 0.6) is 0 Å². The van der Waals surface area contributed by atoms with Crippen molar-refractivity contribution in [3.63, 3.8) is 0 Å². The molecule has 0 aliphatic rings. The summed E-state index contributed by atoms with van der Waals surface area (Å²) in [5.41, 5.74) is 9.59. The van der Waals surface area contributed by atoms with E-state index in [1.165, 1.54) is 0 Å². The zero-order valence-electron chi connectivity index (χ0n) is 10.1. The van der Waals surface area contributed by atoms with Crippen LogP contribution < -0.4 is 5.73 Å². The Morgan fingerprint density at radius 2 is 2.05 bits per heavy atom. The molecule has 0 aliphatic carbocycles. The van der Waals surface area contributed by atoms with Gasteiger partial charge in [0.15, 0.2) is 0 Å². The normalized spacial score (nSPS) is 11.1. The van der Waals surface area contributed by atoms with E-state index in [1.807, 2.05) is 29.8 Å². The number of rotatable bonds is 1. The van der Waals surface area contributed by atoms with Gasteiger partial charge in [-0.25, -0.2) is 4.98 Å². The summed E-state index contributed by atoms with van der Waals surface area (Å²) < 4.78 is 3.82. The molecule has 3 aromatic rings. The number of benzene rings is 1. The number of nitrogen functional groups attached to an aromatic ring is 1. The van der Waals surface area contributed by atoms with E-state index in [-0.39, 0.29) is 0 Å². The Morgan fingerprint density at radius 3 is 2.79 bits per heavy atom. The van der Waals surface area contributed by atoms with Crippen LogP contribution in [0.2, 0.25) is 0 Å². The largest absolute Gasteiger partial charge is 0.397 e. The predicted molar refractivity (Wildman–Crippen MR) is 83.8 cm³/mol. The molecule has 2 aromatic heterocycles. The van der Waals surface area contributed by atoms with Crippen molar-refractivity contribution in [2.75, 3.05) is 5.73 Å². The highest BCUT2D eigenvalue weighted by atomic mass is 79.9. The van der Waals surface area contributed by atoms with Crippen LogP contribution in [-0.4, -0.2) is 14.5 Å². The van der Waals surface area contributed by atoms with Crippen molar-refractivity contribution in [3.05, 3.63) is 39.5 Å². The lowest BCUT2D eigenvalue weighted by atomic mass is 10.1. The van der Waals surface area contributed by atoms with Gasteiger partial charge < -0.3 is 10.3 Å². The van der Waals surface area contributed by atoms with Gasteiger partial charge in [0.05, 0.1) is 17.4 Å². The summed E-state index contributed by atoms with van der Waals surface area (Å²) in [4.78, 5) is 8.70. The van der Waals surface area contributed by atoms with Gasteiger partial charge >= 0.3 is 0 Å². The molecule has 0 radical (unpaired) electrons. The molecular weight excluding hydrogens is 372 g/mol. The van der Waals surface area contributed by atoms with Crippen LogP contribution in [-0.2, 0) is 7.05 Å². The third-order valence-electron chi connectivity index (χ3n) is 3.02. The summed E-state index contributed by atoms with van der Waals surface area (Å²) in [6.45, 7) is 0. The lowest BCUT2D eigenvalue weighted by molar-refractivity contribution is 0.959. The van der Waals surface area contributed by atoms with Crippen LogP contribution in [0.25, 0.3) is 22.4 Å². The van der Waals surface area contributed by atoms with E-state index in [9.17, 15) is 0 Å². The molecule has 6 heteroatoms. The summed E-state index contributed by atoms with van der Waals surface area (Å²) in [5, 5.41) is 0. The number of fused-ring (bicyclic) bond motifs is 1. The zero-order valence-corrected chi connectivity index (χ0v) is 13.2. The maximum absolute atomic E-state index is 6.14. The van der Waals surface area contributed by atoms with Crippen LogP contribution in [0.4, 0.5) is 5.69 Å². The fraction of sp³-hybridized carbons (Fsp3) is 0.0769. The molecule has 0 spiro atoms. The number of imidazole rings is 1. The Balaban J connectivity index is 2.33. The smallest absolute Gasteiger partial charge is 0.143 e. The van der Waals surface area contributed by atoms with E-state index >= 15 is 0 Å². The number of anilines is 1. The number of aryl methyl sites for hydroxylation is 1. The molecule has 0 unspecified atom stereocenters. The lowest BCUT2D eigenvalue weighted by Gasteiger charge is -2.08. The fourth-order valence-corrected chi connectivity index (χ4v) is 3.29. The first-order valence-electron chi connectivity index (χ1n) is 5.59. The zero-order chi connectivity index (χ0) is 13.6. The van der Waals surface area contributed by atoms with Gasteiger partial charge in [0.2, 0.25) is 0 Å². The highest BCUT2D eigenvalue weighted by molar-refractivity contribution is 9.11. The van der Waals surface area contributed by atoms with Crippen LogP contribution in [0, 0.1) is 0 Å². The number of hydrogen-bond acceptors (Lipinski definition) is 3. The monoisotopic (exact) mass is 380 g/mol. The second-order valence-electron chi connectivity index (χ2n) is 4.21. The molecule has 1 aromatic carbocycles. The fourth-order valence-electron chi connectivity index (χ4n) is 2.06. The van der Waals surface area contributed by atoms with Crippen LogP contribution in [0.3, 0.4) is 0 Å². The maximum atomic E-state index is 6.14. The van der Waals surface area contributed by atoms with E-state index in [0.717, 1.165) is 31.4 Å². The molecule has 0 saturated heterocycles. The first-order chi connectivity index (χ1) is 9.08. The second-order valence-corrected chi connectivity index (χ2v) is 5.98. The van der Waals surface area contributed by atoms with Crippen LogP contribution in [0.1, 0.15) is 0 Å². The quantitative estimate of drug-likeness (QED) is 0.653. The van der Waals surface area contributed by atoms with E-state index in [4.69, 9.17) is 5.73 Å². The van der Waals surface area contributed by atoms with Gasteiger partial charge in [-0.2, -0.15) is 0 Å². The Kier molecular flexibility index (Phi) is 3.06. The number of nitrogens with two attached hydrogens (primary N) is 1. The van der Waals surface area contributed by atoms with E-state index in [0.29, 0.717) is 5.69 Å². The minimum Gasteiger partial charge on any atom is -0.397 e. The van der Waals surface area contributed by atoms with Crippen molar-refractivity contribution in [3.8, 4) is 11.4 Å². The molecule has 0 bridgehead atoms. The molecule has 3 rings (SSSR count). The van der Waals surface area contributed by atoms with Gasteiger partial charge in [-0.1, -0.05) is 15.9 Å². The van der Waals surface area contributed by atoms with Crippen molar-refractivity contribution in [1.82, 2.24) is 14.5 Å². The van der Waals surface area contributed by atoms with E-state index in [1.54, 1.807) is 12.4 Å². The van der Waals surface area contributed by atoms with Gasteiger partial charge in [0.1, 0.15) is 11.3 Å². The second kappa shape index (κ2) is 4.61. The van der Waals surface area contributed by atoms with Crippen molar-refractivity contribution in [1.29, 1.82) is 0 Å². The minimum atomic E-state index is 0.676. The summed E-state index contributed by atoms with van der Waals surface area (Å²) >= 11 is 6.94. The summed E-state index contributed by atoms with van der Waals surface area (Å²) in [6.07, 6.45) is 3.51. The molecule has 2 N–H and O–H groups in total. The third kappa shape index (κ3) is 2.04. The molecule has 0 saturated carbocycles. The Morgan fingerprint density at radius 1 is 1.26 bits per heavy atom. The Hall–Kier alpha value is -1.40. The summed E-state index contributed by atoms with van der Waals surface area (Å²) in [6, 6.07) is 5.83. The molecule has 0 amide bonds. The standard InChI is InChI=1S/C13H10Br2N4/c1-19-11-2-3-17-6-10(11)18-13(19)8-4-7(14)5-9(15)12(8)16/h2-6H,16H2,1H3. The van der Waals surface area contributed by atoms with E-state index in [2.05, 4.69) is 41.8 Å². The molecule has 0 atom stereocenters. The van der Waals surface area contributed by atoms with Crippen molar-refractivity contribution in [2.45, 2.75) is 0 Å². The lowest BCUT2D eigenvalue weighted by Crippen LogP contribution is -1.98. The number of halogens is 2. The van der Waals surface area contributed by atoms with Crippen molar-refractivity contribution in [2.24, 2.45) is 7.05 Å². The number of nitrogens with zero attached hydrogens (tertiary/aromatic N) is 3. The SMILES string of the molecule is Cn1c(-c2cc(Br)cc(Br)c2N)nc2cnccc21. The highest BCUT2D eigenvalue weighted by Gasteiger charge is 2.14. The predicted octanol–water partition coefficient (Wildman–Crippen LogP) is 3.74. The number of aromatic nitrogens is 3. The molecule has 4 nitrogen and oxygen atoms in total. The Bertz CT molecular complexity index is 780. The average Bonchev–Trinajstić information content (AvgIpc) is 2.72. The number of pyridine rings is 1. The van der Waals surface area contributed by atoms with Crippen LogP contribution >= 0.6 is 31.9 Å². The number of hydrogen-bond donors (Lipinski definition) is 1. The molecule has 0 fully saturated rings. The Labute approximate surface area is 126 Å². The molecular formula is C13H10Br2N4. The summed E-state index contributed by atoms with van der Waals surface area (Å²) in [7, 11) is 1.97. The first-order valence-corrected chi connectivity index (χ1v) is 7.18. The summed E-state index contributed by atoms with van der Waals surface area (Å²) in [5.74, 6) is 0.822. The molecule has 96 valence electrons. The van der Waals surface area contributed by atoms with Crippen molar-refractivity contribution < 1.29 is 0 Å². The van der Waals surface area contributed by atoms with Crippen LogP contribution in [0.15, 0.2) is 39.5 Å². The first kappa shape index (κ1) is 12.6. The van der Waals surface area contributed by atoms with Gasteiger partial charge in [-0.05, 0) is 34.1 Å². The van der Waals surface area contributed by atoms with Gasteiger partial charge in [0, 0.05) is 27.8 Å². The van der Waals surface area contributed by atoms with Gasteiger partial charge in [0.25, 0.3) is 0 Å².